The maximum atomic E-state index is 15.0. The lowest BCUT2D eigenvalue weighted by atomic mass is 10.1. The van der Waals surface area contributed by atoms with Gasteiger partial charge in [0.25, 0.3) is 0 Å². The van der Waals surface area contributed by atoms with Crippen molar-refractivity contribution in [1.29, 1.82) is 0 Å². The highest BCUT2D eigenvalue weighted by Gasteiger charge is 2.58. The normalized spacial score (nSPS) is 15.0. The fraction of sp³-hybridized carbons (Fsp3) is 0.138. The average molecular weight is 644 g/mol. The molecule has 0 atom stereocenters. The standard InChI is InChI=1S/C29H19F6N7O2S/c1-40-11-10-16-12-20(7-9-23(16)40)42-24(43)14-45-27(42)38-26(44)37-22-8-2-17(13-21(22)30)25-36-15-41(39-25)19-5-3-18(4-6-19)28(31,32)29(33,34)35/h2-13,15H,14H2,1H3,(H,37,44)/b38-27-. The van der Waals surface area contributed by atoms with Crippen LogP contribution in [0.25, 0.3) is 28.0 Å². The molecule has 1 saturated heterocycles. The second-order valence-electron chi connectivity index (χ2n) is 9.84. The first-order valence-corrected chi connectivity index (χ1v) is 14.0. The number of carbonyl (C=O) groups is 2. The monoisotopic (exact) mass is 643 g/mol. The van der Waals surface area contributed by atoms with E-state index in [2.05, 4.69) is 20.4 Å². The number of amides is 3. The summed E-state index contributed by atoms with van der Waals surface area (Å²) in [6.45, 7) is 0. The van der Waals surface area contributed by atoms with E-state index in [4.69, 9.17) is 0 Å². The van der Waals surface area contributed by atoms with Crippen LogP contribution in [-0.2, 0) is 17.8 Å². The molecule has 3 amide bonds. The van der Waals surface area contributed by atoms with Crippen molar-refractivity contribution in [3.63, 3.8) is 0 Å². The fourth-order valence-electron chi connectivity index (χ4n) is 4.60. The number of urea groups is 1. The molecular formula is C29H19F6N7O2S. The van der Waals surface area contributed by atoms with Crippen LogP contribution in [0.3, 0.4) is 0 Å². The molecule has 45 heavy (non-hydrogen) atoms. The largest absolute Gasteiger partial charge is 0.458 e. The highest BCUT2D eigenvalue weighted by molar-refractivity contribution is 8.15. The first-order valence-electron chi connectivity index (χ1n) is 13.0. The topological polar surface area (TPSA) is 97.4 Å². The second-order valence-corrected chi connectivity index (χ2v) is 10.8. The predicted molar refractivity (Wildman–Crippen MR) is 156 cm³/mol. The van der Waals surface area contributed by atoms with Gasteiger partial charge in [0.15, 0.2) is 11.0 Å². The van der Waals surface area contributed by atoms with Crippen LogP contribution in [0.1, 0.15) is 5.56 Å². The van der Waals surface area contributed by atoms with Crippen LogP contribution in [0.4, 0.5) is 42.5 Å². The number of aliphatic imine (C=N–C) groups is 1. The van der Waals surface area contributed by atoms with Gasteiger partial charge in [0, 0.05) is 35.3 Å². The number of carbonyl (C=O) groups excluding carboxylic acids is 2. The number of thioether (sulfide) groups is 1. The molecule has 16 heteroatoms. The molecule has 0 unspecified atom stereocenters. The molecule has 2 aromatic heterocycles. The molecule has 3 heterocycles. The van der Waals surface area contributed by atoms with E-state index < -0.39 is 29.5 Å². The molecule has 5 aromatic rings. The highest BCUT2D eigenvalue weighted by atomic mass is 32.2. The SMILES string of the molecule is Cn1ccc2cc(N3C(=O)CS/C3=N\C(=O)Nc3ccc(-c4ncn(-c5ccc(C(F)(F)C(F)(F)F)cc5)n4)cc3F)ccc21. The van der Waals surface area contributed by atoms with Crippen molar-refractivity contribution in [2.75, 3.05) is 16.0 Å². The molecule has 3 aromatic carbocycles. The number of amidine groups is 1. The number of halogens is 6. The predicted octanol–water partition coefficient (Wildman–Crippen LogP) is 6.89. The number of nitrogens with zero attached hydrogens (tertiary/aromatic N) is 6. The van der Waals surface area contributed by atoms with Crippen LogP contribution in [0.5, 0.6) is 0 Å². The molecule has 9 nitrogen and oxygen atoms in total. The van der Waals surface area contributed by atoms with E-state index in [0.717, 1.165) is 45.5 Å². The van der Waals surface area contributed by atoms with E-state index in [9.17, 15) is 35.9 Å². The van der Waals surface area contributed by atoms with E-state index in [1.165, 1.54) is 23.4 Å². The minimum atomic E-state index is -5.75. The number of benzene rings is 3. The second kappa shape index (κ2) is 11.1. The maximum Gasteiger partial charge on any atom is 0.458 e. The molecule has 1 N–H and O–H groups in total. The molecule has 0 spiro atoms. The summed E-state index contributed by atoms with van der Waals surface area (Å²) in [5.41, 5.74) is 0.382. The first kappa shape index (κ1) is 29.9. The fourth-order valence-corrected chi connectivity index (χ4v) is 5.46. The highest BCUT2D eigenvalue weighted by Crippen LogP contribution is 2.43. The van der Waals surface area contributed by atoms with Gasteiger partial charge in [-0.3, -0.25) is 9.69 Å². The molecule has 0 radical (unpaired) electrons. The Morgan fingerprint density at radius 1 is 0.978 bits per heavy atom. The number of nitrogens with one attached hydrogen (secondary N) is 1. The summed E-state index contributed by atoms with van der Waals surface area (Å²) in [5.74, 6) is -6.05. The zero-order chi connectivity index (χ0) is 32.1. The molecule has 230 valence electrons. The molecular weight excluding hydrogens is 624 g/mol. The van der Waals surface area contributed by atoms with Gasteiger partial charge < -0.3 is 9.88 Å². The molecule has 1 fully saturated rings. The number of hydrogen-bond acceptors (Lipinski definition) is 5. The van der Waals surface area contributed by atoms with Gasteiger partial charge >= 0.3 is 18.1 Å². The summed E-state index contributed by atoms with van der Waals surface area (Å²) in [6, 6.07) is 13.4. The summed E-state index contributed by atoms with van der Waals surface area (Å²) < 4.78 is 83.1. The zero-order valence-electron chi connectivity index (χ0n) is 22.9. The first-order chi connectivity index (χ1) is 21.3. The third-order valence-electron chi connectivity index (χ3n) is 6.90. The van der Waals surface area contributed by atoms with Gasteiger partial charge in [-0.15, -0.1) is 5.10 Å². The summed E-state index contributed by atoms with van der Waals surface area (Å²) in [6.07, 6.45) is -2.68. The van der Waals surface area contributed by atoms with Gasteiger partial charge in [-0.25, -0.2) is 18.9 Å². The van der Waals surface area contributed by atoms with E-state index in [0.29, 0.717) is 17.8 Å². The van der Waals surface area contributed by atoms with E-state index >= 15 is 0 Å². The van der Waals surface area contributed by atoms with Crippen molar-refractivity contribution in [3.05, 3.63) is 90.6 Å². The number of aromatic nitrogens is 4. The Hall–Kier alpha value is -5.12. The van der Waals surface area contributed by atoms with Gasteiger partial charge in [0.05, 0.1) is 22.8 Å². The number of aryl methyl sites for hydroxylation is 1. The summed E-state index contributed by atoms with van der Waals surface area (Å²) in [4.78, 5) is 34.7. The Kier molecular flexibility index (Phi) is 7.39. The van der Waals surface area contributed by atoms with E-state index in [-0.39, 0.29) is 39.6 Å². The molecule has 6 rings (SSSR count). The van der Waals surface area contributed by atoms with E-state index in [1.807, 2.05) is 36.0 Å². The summed E-state index contributed by atoms with van der Waals surface area (Å²) in [7, 11) is 1.89. The minimum Gasteiger partial charge on any atom is -0.351 e. The van der Waals surface area contributed by atoms with Gasteiger partial charge in [0.1, 0.15) is 12.1 Å². The van der Waals surface area contributed by atoms with Crippen molar-refractivity contribution in [3.8, 4) is 17.1 Å². The van der Waals surface area contributed by atoms with Crippen LogP contribution < -0.4 is 10.2 Å². The van der Waals surface area contributed by atoms with Gasteiger partial charge in [-0.05, 0) is 54.6 Å². The molecule has 0 bridgehead atoms. The number of hydrogen-bond donors (Lipinski definition) is 1. The molecule has 0 aliphatic carbocycles. The zero-order valence-corrected chi connectivity index (χ0v) is 23.7. The third kappa shape index (κ3) is 5.63. The Balaban J connectivity index is 1.16. The van der Waals surface area contributed by atoms with Gasteiger partial charge in [0.2, 0.25) is 5.91 Å². The summed E-state index contributed by atoms with van der Waals surface area (Å²) in [5, 5.41) is 7.52. The van der Waals surface area contributed by atoms with E-state index in [1.54, 1.807) is 6.07 Å². The van der Waals surface area contributed by atoms with Gasteiger partial charge in [-0.2, -0.15) is 26.9 Å². The Morgan fingerprint density at radius 2 is 1.71 bits per heavy atom. The lowest BCUT2D eigenvalue weighted by Crippen LogP contribution is -2.33. The van der Waals surface area contributed by atoms with Crippen molar-refractivity contribution in [2.24, 2.45) is 12.0 Å². The Morgan fingerprint density at radius 3 is 2.42 bits per heavy atom. The Labute approximate surface area is 254 Å². The molecule has 1 aliphatic heterocycles. The lowest BCUT2D eigenvalue weighted by molar-refractivity contribution is -0.289. The number of anilines is 2. The van der Waals surface area contributed by atoms with Crippen LogP contribution in [-0.4, -0.2) is 48.4 Å². The molecule has 0 saturated carbocycles. The van der Waals surface area contributed by atoms with Crippen molar-refractivity contribution >= 4 is 51.1 Å². The number of fused-ring (bicyclic) bond motifs is 1. The third-order valence-corrected chi connectivity index (χ3v) is 7.82. The number of rotatable bonds is 5. The average Bonchev–Trinajstić information content (AvgIpc) is 3.72. The maximum absolute atomic E-state index is 15.0. The van der Waals surface area contributed by atoms with Crippen molar-refractivity contribution in [2.45, 2.75) is 12.1 Å². The quantitative estimate of drug-likeness (QED) is 0.211. The molecule has 1 aliphatic rings. The minimum absolute atomic E-state index is 0.0172. The lowest BCUT2D eigenvalue weighted by Gasteiger charge is -2.19. The van der Waals surface area contributed by atoms with Gasteiger partial charge in [-0.1, -0.05) is 23.9 Å². The number of alkyl halides is 5. The van der Waals surface area contributed by atoms with Crippen LogP contribution in [0.15, 0.2) is 84.2 Å². The summed E-state index contributed by atoms with van der Waals surface area (Å²) >= 11 is 1.07. The van der Waals surface area contributed by atoms with Crippen LogP contribution in [0.2, 0.25) is 0 Å². The van der Waals surface area contributed by atoms with Crippen molar-refractivity contribution < 1.29 is 35.9 Å². The Bertz CT molecular complexity index is 1990. The smallest absolute Gasteiger partial charge is 0.351 e. The van der Waals surface area contributed by atoms with Crippen LogP contribution in [0, 0.1) is 5.82 Å². The van der Waals surface area contributed by atoms with Crippen molar-refractivity contribution in [1.82, 2.24) is 19.3 Å². The van der Waals surface area contributed by atoms with Crippen LogP contribution >= 0.6 is 11.8 Å².